The first-order chi connectivity index (χ1) is 5.11. The molecule has 1 N–H and O–H groups in total. The first-order valence-electron chi connectivity index (χ1n) is 4.11. The lowest BCUT2D eigenvalue weighted by atomic mass is 10.0. The van der Waals surface area contributed by atoms with E-state index in [2.05, 4.69) is 4.90 Å². The number of hydrogen-bond donors (Lipinski definition) is 1. The minimum Gasteiger partial charge on any atom is -0.368 e. The predicted molar refractivity (Wildman–Crippen MR) is 43.3 cm³/mol. The van der Waals surface area contributed by atoms with E-state index in [0.29, 0.717) is 6.04 Å². The second-order valence-electron chi connectivity index (χ2n) is 3.40. The van der Waals surface area contributed by atoms with Crippen LogP contribution in [0, 0.1) is 0 Å². The summed E-state index contributed by atoms with van der Waals surface area (Å²) in [4.78, 5) is 2.15. The number of hydrogen-bond acceptors (Lipinski definition) is 3. The Morgan fingerprint density at radius 1 is 1.36 bits per heavy atom. The number of ether oxygens (including phenoxy) is 1. The van der Waals surface area contributed by atoms with Gasteiger partial charge in [-0.15, -0.1) is 0 Å². The number of nitrogens with zero attached hydrogens (tertiary/aromatic N) is 1. The first kappa shape index (κ1) is 8.97. The summed E-state index contributed by atoms with van der Waals surface area (Å²) in [5, 5.41) is 9.14. The van der Waals surface area contributed by atoms with Gasteiger partial charge in [0.05, 0.1) is 6.10 Å². The van der Waals surface area contributed by atoms with E-state index < -0.39 is 6.29 Å². The van der Waals surface area contributed by atoms with Crippen molar-refractivity contribution in [1.82, 2.24) is 4.90 Å². The zero-order chi connectivity index (χ0) is 8.43. The highest BCUT2D eigenvalue weighted by atomic mass is 16.6. The van der Waals surface area contributed by atoms with Crippen LogP contribution in [0.1, 0.15) is 19.8 Å². The molecule has 3 atom stereocenters. The summed E-state index contributed by atoms with van der Waals surface area (Å²) in [6, 6.07) is 0.457. The van der Waals surface area contributed by atoms with E-state index in [9.17, 15) is 0 Å². The minimum absolute atomic E-state index is 0.147. The fourth-order valence-electron chi connectivity index (χ4n) is 1.63. The van der Waals surface area contributed by atoms with Gasteiger partial charge in [-0.3, -0.25) is 0 Å². The highest BCUT2D eigenvalue weighted by molar-refractivity contribution is 4.77. The standard InChI is InChI=1S/C8H17NO2/c1-6-7(9(2)3)4-5-8(10)11-6/h6-8,10H,4-5H2,1-3H3/t6?,7?,8-/m1/s1. The van der Waals surface area contributed by atoms with E-state index in [4.69, 9.17) is 9.84 Å². The van der Waals surface area contributed by atoms with Crippen molar-refractivity contribution in [1.29, 1.82) is 0 Å². The predicted octanol–water partition coefficient (Wildman–Crippen LogP) is 0.434. The summed E-state index contributed by atoms with van der Waals surface area (Å²) >= 11 is 0. The van der Waals surface area contributed by atoms with E-state index in [0.717, 1.165) is 12.8 Å². The molecule has 0 radical (unpaired) electrons. The maximum atomic E-state index is 9.14. The third-order valence-electron chi connectivity index (χ3n) is 2.29. The summed E-state index contributed by atoms with van der Waals surface area (Å²) in [5.74, 6) is 0. The van der Waals surface area contributed by atoms with Gasteiger partial charge in [0.15, 0.2) is 6.29 Å². The molecule has 0 aliphatic carbocycles. The fourth-order valence-corrected chi connectivity index (χ4v) is 1.63. The van der Waals surface area contributed by atoms with Crippen LogP contribution >= 0.6 is 0 Å². The topological polar surface area (TPSA) is 32.7 Å². The van der Waals surface area contributed by atoms with Crippen LogP contribution in [0.4, 0.5) is 0 Å². The third-order valence-corrected chi connectivity index (χ3v) is 2.29. The molecular formula is C8H17NO2. The number of likely N-dealkylation sites (N-methyl/N-ethyl adjacent to an activating group) is 1. The third kappa shape index (κ3) is 2.15. The van der Waals surface area contributed by atoms with Crippen LogP contribution in [0.3, 0.4) is 0 Å². The van der Waals surface area contributed by atoms with Gasteiger partial charge in [0, 0.05) is 6.04 Å². The Kier molecular flexibility index (Phi) is 2.87. The molecule has 3 heteroatoms. The Morgan fingerprint density at radius 3 is 2.45 bits per heavy atom. The first-order valence-corrected chi connectivity index (χ1v) is 4.11. The molecule has 11 heavy (non-hydrogen) atoms. The molecule has 1 aliphatic rings. The summed E-state index contributed by atoms with van der Waals surface area (Å²) in [6.45, 7) is 2.01. The van der Waals surface area contributed by atoms with Crippen LogP contribution in [0.25, 0.3) is 0 Å². The highest BCUT2D eigenvalue weighted by Gasteiger charge is 2.27. The van der Waals surface area contributed by atoms with Gasteiger partial charge in [0.1, 0.15) is 0 Å². The Morgan fingerprint density at radius 2 is 2.00 bits per heavy atom. The molecule has 0 saturated carbocycles. The van der Waals surface area contributed by atoms with Crippen molar-refractivity contribution in [2.45, 2.75) is 38.2 Å². The van der Waals surface area contributed by atoms with E-state index in [1.54, 1.807) is 0 Å². The molecular weight excluding hydrogens is 142 g/mol. The second kappa shape index (κ2) is 3.52. The van der Waals surface area contributed by atoms with Crippen molar-refractivity contribution < 1.29 is 9.84 Å². The molecule has 0 spiro atoms. The number of rotatable bonds is 1. The van der Waals surface area contributed by atoms with Gasteiger partial charge in [-0.1, -0.05) is 0 Å². The largest absolute Gasteiger partial charge is 0.368 e. The summed E-state index contributed by atoms with van der Waals surface area (Å²) in [6.07, 6.45) is 1.39. The summed E-state index contributed by atoms with van der Waals surface area (Å²) < 4.78 is 5.27. The van der Waals surface area contributed by atoms with Crippen molar-refractivity contribution in [3.8, 4) is 0 Å². The van der Waals surface area contributed by atoms with Crippen LogP contribution in [0.2, 0.25) is 0 Å². The van der Waals surface area contributed by atoms with Crippen molar-refractivity contribution in [2.24, 2.45) is 0 Å². The average Bonchev–Trinajstić information content (AvgIpc) is 1.85. The Hall–Kier alpha value is -0.120. The molecule has 3 nitrogen and oxygen atoms in total. The molecule has 1 aliphatic heterocycles. The monoisotopic (exact) mass is 159 g/mol. The molecule has 0 bridgehead atoms. The Labute approximate surface area is 68.0 Å². The van der Waals surface area contributed by atoms with Gasteiger partial charge >= 0.3 is 0 Å². The maximum Gasteiger partial charge on any atom is 0.155 e. The lowest BCUT2D eigenvalue weighted by Gasteiger charge is -2.36. The summed E-state index contributed by atoms with van der Waals surface area (Å²) in [7, 11) is 4.09. The quantitative estimate of drug-likeness (QED) is 0.602. The molecule has 1 heterocycles. The molecule has 1 saturated heterocycles. The smallest absolute Gasteiger partial charge is 0.155 e. The lowest BCUT2D eigenvalue weighted by Crippen LogP contribution is -2.44. The van der Waals surface area contributed by atoms with E-state index >= 15 is 0 Å². The van der Waals surface area contributed by atoms with Crippen LogP contribution in [-0.2, 0) is 4.74 Å². The van der Waals surface area contributed by atoms with E-state index in [1.807, 2.05) is 21.0 Å². The zero-order valence-corrected chi connectivity index (χ0v) is 7.45. The SMILES string of the molecule is CC1O[C@@H](O)CCC1N(C)C. The normalized spacial score (nSPS) is 39.5. The van der Waals surface area contributed by atoms with Gasteiger partial charge in [-0.25, -0.2) is 0 Å². The maximum absolute atomic E-state index is 9.14. The molecule has 2 unspecified atom stereocenters. The van der Waals surface area contributed by atoms with Crippen LogP contribution in [0.5, 0.6) is 0 Å². The molecule has 0 amide bonds. The zero-order valence-electron chi connectivity index (χ0n) is 7.45. The van der Waals surface area contributed by atoms with Gasteiger partial charge in [-0.2, -0.15) is 0 Å². The molecule has 0 aromatic carbocycles. The van der Waals surface area contributed by atoms with Gasteiger partial charge in [-0.05, 0) is 33.9 Å². The van der Waals surface area contributed by atoms with Crippen molar-refractivity contribution >= 4 is 0 Å². The van der Waals surface area contributed by atoms with Crippen LogP contribution < -0.4 is 0 Å². The van der Waals surface area contributed by atoms with Crippen molar-refractivity contribution in [3.63, 3.8) is 0 Å². The molecule has 1 rings (SSSR count). The minimum atomic E-state index is -0.541. The molecule has 0 aromatic heterocycles. The molecule has 1 fully saturated rings. The molecule has 66 valence electrons. The van der Waals surface area contributed by atoms with E-state index in [-0.39, 0.29) is 6.10 Å². The van der Waals surface area contributed by atoms with E-state index in [1.165, 1.54) is 0 Å². The fraction of sp³-hybridized carbons (Fsp3) is 1.00. The van der Waals surface area contributed by atoms with Gasteiger partial charge in [0.25, 0.3) is 0 Å². The van der Waals surface area contributed by atoms with Gasteiger partial charge < -0.3 is 14.7 Å². The Balaban J connectivity index is 2.44. The van der Waals surface area contributed by atoms with Crippen molar-refractivity contribution in [2.75, 3.05) is 14.1 Å². The number of aliphatic hydroxyl groups excluding tert-OH is 1. The average molecular weight is 159 g/mol. The summed E-state index contributed by atoms with van der Waals surface area (Å²) in [5.41, 5.74) is 0. The molecule has 0 aromatic rings. The Bertz CT molecular complexity index is 127. The lowest BCUT2D eigenvalue weighted by molar-refractivity contribution is -0.177. The van der Waals surface area contributed by atoms with Crippen molar-refractivity contribution in [3.05, 3.63) is 0 Å². The second-order valence-corrected chi connectivity index (χ2v) is 3.40. The van der Waals surface area contributed by atoms with Crippen LogP contribution in [0.15, 0.2) is 0 Å². The van der Waals surface area contributed by atoms with Gasteiger partial charge in [0.2, 0.25) is 0 Å². The number of aliphatic hydroxyl groups is 1. The highest BCUT2D eigenvalue weighted by Crippen LogP contribution is 2.20. The van der Waals surface area contributed by atoms with Crippen LogP contribution in [-0.4, -0.2) is 42.5 Å².